The zero-order valence-electron chi connectivity index (χ0n) is 10.1. The van der Waals surface area contributed by atoms with Crippen molar-refractivity contribution < 1.29 is 0 Å². The van der Waals surface area contributed by atoms with Crippen molar-refractivity contribution in [2.45, 2.75) is 46.1 Å². The van der Waals surface area contributed by atoms with Crippen LogP contribution in [0.2, 0.25) is 0 Å². The van der Waals surface area contributed by atoms with E-state index in [9.17, 15) is 0 Å². The molecule has 0 aliphatic rings. The summed E-state index contributed by atoms with van der Waals surface area (Å²) in [5, 5.41) is 8.03. The SMILES string of the molecule is CCC(CC)CNC(C)Cc1ccsc1. The van der Waals surface area contributed by atoms with Crippen LogP contribution in [0.5, 0.6) is 0 Å². The molecule has 0 radical (unpaired) electrons. The first-order valence-electron chi connectivity index (χ1n) is 6.00. The Morgan fingerprint density at radius 3 is 2.60 bits per heavy atom. The second-order valence-electron chi connectivity index (χ2n) is 4.33. The van der Waals surface area contributed by atoms with Crippen molar-refractivity contribution in [2.24, 2.45) is 5.92 Å². The number of hydrogen-bond acceptors (Lipinski definition) is 2. The lowest BCUT2D eigenvalue weighted by molar-refractivity contribution is 0.416. The van der Waals surface area contributed by atoms with Gasteiger partial charge in [-0.05, 0) is 48.2 Å². The van der Waals surface area contributed by atoms with Gasteiger partial charge in [0.2, 0.25) is 0 Å². The van der Waals surface area contributed by atoms with E-state index in [1.54, 1.807) is 11.3 Å². The average Bonchev–Trinajstić information content (AvgIpc) is 2.72. The van der Waals surface area contributed by atoms with Gasteiger partial charge in [0.1, 0.15) is 0 Å². The van der Waals surface area contributed by atoms with Crippen LogP contribution in [0, 0.1) is 5.92 Å². The molecule has 1 aromatic heterocycles. The van der Waals surface area contributed by atoms with Crippen molar-refractivity contribution >= 4 is 11.3 Å². The van der Waals surface area contributed by atoms with Crippen molar-refractivity contribution in [3.63, 3.8) is 0 Å². The molecule has 0 aliphatic heterocycles. The summed E-state index contributed by atoms with van der Waals surface area (Å²) in [6.45, 7) is 8.00. The van der Waals surface area contributed by atoms with Crippen LogP contribution in [-0.2, 0) is 6.42 Å². The van der Waals surface area contributed by atoms with Gasteiger partial charge in [0.25, 0.3) is 0 Å². The highest BCUT2D eigenvalue weighted by Crippen LogP contribution is 2.10. The molecule has 0 amide bonds. The summed E-state index contributed by atoms with van der Waals surface area (Å²) in [6, 6.07) is 2.82. The number of rotatable bonds is 7. The van der Waals surface area contributed by atoms with E-state index in [0.29, 0.717) is 6.04 Å². The minimum atomic E-state index is 0.597. The summed E-state index contributed by atoms with van der Waals surface area (Å²) in [5.41, 5.74) is 1.46. The predicted octanol–water partition coefficient (Wildman–Crippen LogP) is 3.70. The van der Waals surface area contributed by atoms with Gasteiger partial charge in [0, 0.05) is 6.04 Å². The third-order valence-electron chi connectivity index (χ3n) is 3.03. The highest BCUT2D eigenvalue weighted by molar-refractivity contribution is 7.07. The summed E-state index contributed by atoms with van der Waals surface area (Å²) in [5.74, 6) is 0.843. The monoisotopic (exact) mass is 225 g/mol. The van der Waals surface area contributed by atoms with Gasteiger partial charge in [-0.2, -0.15) is 11.3 Å². The Labute approximate surface area is 97.9 Å². The molecule has 1 aromatic rings. The normalized spacial score (nSPS) is 13.3. The van der Waals surface area contributed by atoms with E-state index in [0.717, 1.165) is 18.9 Å². The van der Waals surface area contributed by atoms with E-state index >= 15 is 0 Å². The molecule has 1 unspecified atom stereocenters. The molecule has 0 saturated carbocycles. The molecule has 1 N–H and O–H groups in total. The smallest absolute Gasteiger partial charge is 0.00795 e. The molecule has 1 atom stereocenters. The van der Waals surface area contributed by atoms with Gasteiger partial charge in [0.15, 0.2) is 0 Å². The highest BCUT2D eigenvalue weighted by Gasteiger charge is 2.07. The largest absolute Gasteiger partial charge is 0.314 e. The van der Waals surface area contributed by atoms with E-state index in [1.165, 1.54) is 18.4 Å². The Bertz CT molecular complexity index is 239. The quantitative estimate of drug-likeness (QED) is 0.746. The molecule has 2 heteroatoms. The predicted molar refractivity (Wildman–Crippen MR) is 69.6 cm³/mol. The van der Waals surface area contributed by atoms with Crippen LogP contribution >= 0.6 is 11.3 Å². The maximum Gasteiger partial charge on any atom is 0.00795 e. The number of thiophene rings is 1. The van der Waals surface area contributed by atoms with Crippen molar-refractivity contribution in [3.8, 4) is 0 Å². The Morgan fingerprint density at radius 1 is 1.33 bits per heavy atom. The summed E-state index contributed by atoms with van der Waals surface area (Å²) in [4.78, 5) is 0. The molecule has 1 heterocycles. The van der Waals surface area contributed by atoms with E-state index in [2.05, 4.69) is 42.9 Å². The maximum atomic E-state index is 3.63. The van der Waals surface area contributed by atoms with E-state index < -0.39 is 0 Å². The first-order chi connectivity index (χ1) is 7.26. The Kier molecular flexibility index (Phi) is 5.96. The third-order valence-corrected chi connectivity index (χ3v) is 3.76. The average molecular weight is 225 g/mol. The van der Waals surface area contributed by atoms with Crippen LogP contribution in [0.15, 0.2) is 16.8 Å². The lowest BCUT2D eigenvalue weighted by atomic mass is 10.0. The van der Waals surface area contributed by atoms with Gasteiger partial charge in [0.05, 0.1) is 0 Å². The van der Waals surface area contributed by atoms with Crippen LogP contribution in [0.3, 0.4) is 0 Å². The van der Waals surface area contributed by atoms with E-state index in [4.69, 9.17) is 0 Å². The second-order valence-corrected chi connectivity index (χ2v) is 5.11. The van der Waals surface area contributed by atoms with Gasteiger partial charge in [-0.15, -0.1) is 0 Å². The van der Waals surface area contributed by atoms with Gasteiger partial charge in [-0.25, -0.2) is 0 Å². The fraction of sp³-hybridized carbons (Fsp3) is 0.692. The molecule has 0 aromatic carbocycles. The fourth-order valence-electron chi connectivity index (χ4n) is 1.78. The standard InChI is InChI=1S/C13H23NS/c1-4-12(5-2)9-14-11(3)8-13-6-7-15-10-13/h6-7,10-12,14H,4-5,8-9H2,1-3H3. The lowest BCUT2D eigenvalue weighted by Gasteiger charge is -2.18. The second kappa shape index (κ2) is 7.02. The van der Waals surface area contributed by atoms with Crippen molar-refractivity contribution in [1.82, 2.24) is 5.32 Å². The molecule has 0 bridgehead atoms. The number of hydrogen-bond donors (Lipinski definition) is 1. The fourth-order valence-corrected chi connectivity index (χ4v) is 2.46. The Morgan fingerprint density at radius 2 is 2.07 bits per heavy atom. The molecule has 0 saturated heterocycles. The Balaban J connectivity index is 2.21. The minimum Gasteiger partial charge on any atom is -0.314 e. The zero-order chi connectivity index (χ0) is 11.1. The zero-order valence-corrected chi connectivity index (χ0v) is 10.9. The van der Waals surface area contributed by atoms with Crippen molar-refractivity contribution in [2.75, 3.05) is 6.54 Å². The maximum absolute atomic E-state index is 3.63. The van der Waals surface area contributed by atoms with Gasteiger partial charge >= 0.3 is 0 Å². The highest BCUT2D eigenvalue weighted by atomic mass is 32.1. The molecule has 15 heavy (non-hydrogen) atoms. The van der Waals surface area contributed by atoms with Crippen LogP contribution < -0.4 is 5.32 Å². The first kappa shape index (κ1) is 12.7. The van der Waals surface area contributed by atoms with Crippen molar-refractivity contribution in [3.05, 3.63) is 22.4 Å². The lowest BCUT2D eigenvalue weighted by Crippen LogP contribution is -2.32. The molecular weight excluding hydrogens is 202 g/mol. The van der Waals surface area contributed by atoms with Gasteiger partial charge < -0.3 is 5.32 Å². The first-order valence-corrected chi connectivity index (χ1v) is 6.95. The van der Waals surface area contributed by atoms with Gasteiger partial charge in [-0.1, -0.05) is 26.7 Å². The molecule has 1 nitrogen and oxygen atoms in total. The summed E-state index contributed by atoms with van der Waals surface area (Å²) in [7, 11) is 0. The molecule has 0 fully saturated rings. The minimum absolute atomic E-state index is 0.597. The van der Waals surface area contributed by atoms with Crippen LogP contribution in [0.4, 0.5) is 0 Å². The van der Waals surface area contributed by atoms with Crippen molar-refractivity contribution in [1.29, 1.82) is 0 Å². The summed E-state index contributed by atoms with van der Waals surface area (Å²) < 4.78 is 0. The molecule has 1 rings (SSSR count). The van der Waals surface area contributed by atoms with E-state index in [1.807, 2.05) is 0 Å². The van der Waals surface area contributed by atoms with E-state index in [-0.39, 0.29) is 0 Å². The molecule has 86 valence electrons. The van der Waals surface area contributed by atoms with Crippen LogP contribution in [-0.4, -0.2) is 12.6 Å². The number of nitrogens with one attached hydrogen (secondary N) is 1. The summed E-state index contributed by atoms with van der Waals surface area (Å²) in [6.07, 6.45) is 3.73. The van der Waals surface area contributed by atoms with Crippen LogP contribution in [0.25, 0.3) is 0 Å². The molecular formula is C13H23NS. The topological polar surface area (TPSA) is 12.0 Å². The van der Waals surface area contributed by atoms with Gasteiger partial charge in [-0.3, -0.25) is 0 Å². The molecule has 0 spiro atoms. The molecule has 0 aliphatic carbocycles. The van der Waals surface area contributed by atoms with Crippen LogP contribution in [0.1, 0.15) is 39.2 Å². The Hall–Kier alpha value is -0.340. The summed E-state index contributed by atoms with van der Waals surface area (Å²) >= 11 is 1.79. The third kappa shape index (κ3) is 4.80.